The maximum atomic E-state index is 14.1. The lowest BCUT2D eigenvalue weighted by molar-refractivity contribution is -0.141. The lowest BCUT2D eigenvalue weighted by Crippen LogP contribution is -2.09. The minimum Gasteiger partial charge on any atom is -0.215 e. The molecule has 0 unspecified atom stereocenters. The molecule has 0 aliphatic rings. The van der Waals surface area contributed by atoms with Crippen molar-refractivity contribution in [3.8, 4) is 34.6 Å². The molecule has 6 nitrogen and oxygen atoms in total. The zero-order chi connectivity index (χ0) is 31.6. The summed E-state index contributed by atoms with van der Waals surface area (Å²) in [6, 6.07) is 17.1. The summed E-state index contributed by atoms with van der Waals surface area (Å²) >= 11 is 0. The molecule has 7 rings (SSSR count). The highest BCUT2D eigenvalue weighted by Crippen LogP contribution is 2.36. The van der Waals surface area contributed by atoms with Crippen molar-refractivity contribution in [3.05, 3.63) is 107 Å². The van der Waals surface area contributed by atoms with E-state index in [1.54, 1.807) is 48.8 Å². The summed E-state index contributed by atoms with van der Waals surface area (Å²) in [6.07, 6.45) is -1.28. The van der Waals surface area contributed by atoms with Gasteiger partial charge >= 0.3 is 6.18 Å². The molecular weight excluding hydrogens is 594 g/mol. The molecule has 0 saturated carbocycles. The van der Waals surface area contributed by atoms with Gasteiger partial charge in [0.2, 0.25) is 30.2 Å². The van der Waals surface area contributed by atoms with E-state index < -0.39 is 29.7 Å². The first-order valence-electron chi connectivity index (χ1n) is 13.1. The number of hydrogen-bond donors (Lipinski definition) is 0. The molecule has 2 aromatic heterocycles. The van der Waals surface area contributed by atoms with E-state index in [4.69, 9.17) is 0 Å². The largest absolute Gasteiger partial charge is 0.433 e. The standard InChI is InChI=1S/C33H12F6N6/c34-28-8-17(7-27(44-28)33(37,38)39)15-1-3-19-21-11-26-22(12-25(21)31(42-13-40)23(19)5-15)20-4-2-16(6-24(20)32(26)43-14-41)18-9-29(35)45-30(36)10-18/h1-12H. The number of alkyl halides is 3. The fourth-order valence-corrected chi connectivity index (χ4v) is 5.82. The highest BCUT2D eigenvalue weighted by Gasteiger charge is 2.33. The van der Waals surface area contributed by atoms with Gasteiger partial charge in [0.05, 0.1) is 10.7 Å². The van der Waals surface area contributed by atoms with E-state index in [-0.39, 0.29) is 22.0 Å². The van der Waals surface area contributed by atoms with Crippen LogP contribution in [0.15, 0.2) is 82.8 Å². The Morgan fingerprint density at radius 1 is 0.489 bits per heavy atom. The maximum absolute atomic E-state index is 14.1. The molecule has 216 valence electrons. The number of aromatic nitrogens is 2. The van der Waals surface area contributed by atoms with Crippen molar-refractivity contribution < 1.29 is 26.3 Å². The summed E-state index contributed by atoms with van der Waals surface area (Å²) < 4.78 is 81.8. The summed E-state index contributed by atoms with van der Waals surface area (Å²) in [5.41, 5.74) is -0.489. The SMILES string of the molecule is N#CN=c1c2cc(-c3cc(F)nc(F)c3)ccc2c2cc3c(=NC#N)c4cc(-c5cc(F)nc(C(F)(F)F)c5)ccc4c3cc12. The number of rotatable bonds is 2. The molecule has 0 aliphatic carbocycles. The molecule has 5 aromatic carbocycles. The van der Waals surface area contributed by atoms with Gasteiger partial charge in [0.1, 0.15) is 5.69 Å². The van der Waals surface area contributed by atoms with Crippen LogP contribution in [0.1, 0.15) is 5.69 Å². The Kier molecular flexibility index (Phi) is 6.13. The molecule has 0 aliphatic heterocycles. The predicted molar refractivity (Wildman–Crippen MR) is 153 cm³/mol. The van der Waals surface area contributed by atoms with Crippen LogP contribution in [0.3, 0.4) is 0 Å². The summed E-state index contributed by atoms with van der Waals surface area (Å²) in [7, 11) is 0. The summed E-state index contributed by atoms with van der Waals surface area (Å²) in [5, 5.41) is 24.3. The second kappa shape index (κ2) is 9.96. The van der Waals surface area contributed by atoms with E-state index in [2.05, 4.69) is 20.0 Å². The Morgan fingerprint density at radius 3 is 1.36 bits per heavy atom. The Morgan fingerprint density at radius 2 is 0.911 bits per heavy atom. The molecular formula is C33H12F6N6. The van der Waals surface area contributed by atoms with Crippen molar-refractivity contribution >= 4 is 43.1 Å². The van der Waals surface area contributed by atoms with E-state index in [0.717, 1.165) is 24.3 Å². The minimum absolute atomic E-state index is 0.0606. The van der Waals surface area contributed by atoms with Gasteiger partial charge in [-0.15, -0.1) is 0 Å². The Labute approximate surface area is 247 Å². The molecule has 0 fully saturated rings. The van der Waals surface area contributed by atoms with Crippen LogP contribution in [-0.2, 0) is 6.18 Å². The van der Waals surface area contributed by atoms with Crippen molar-refractivity contribution in [1.29, 1.82) is 10.5 Å². The van der Waals surface area contributed by atoms with Gasteiger partial charge < -0.3 is 0 Å². The molecule has 2 heterocycles. The fraction of sp³-hybridized carbons (Fsp3) is 0.0303. The molecule has 7 aromatic rings. The van der Waals surface area contributed by atoms with Crippen LogP contribution in [0.25, 0.3) is 65.3 Å². The number of hydrogen-bond acceptors (Lipinski definition) is 6. The highest BCUT2D eigenvalue weighted by molar-refractivity contribution is 6.21. The van der Waals surface area contributed by atoms with Gasteiger partial charge in [-0.25, -0.2) is 4.98 Å². The van der Waals surface area contributed by atoms with E-state index in [1.807, 2.05) is 0 Å². The molecule has 0 spiro atoms. The van der Waals surface area contributed by atoms with E-state index >= 15 is 0 Å². The third kappa shape index (κ3) is 4.51. The van der Waals surface area contributed by atoms with Crippen molar-refractivity contribution in [2.24, 2.45) is 9.98 Å². The van der Waals surface area contributed by atoms with Crippen molar-refractivity contribution in [1.82, 2.24) is 9.97 Å². The summed E-state index contributed by atoms with van der Waals surface area (Å²) in [4.78, 5) is 14.2. The Hall–Kier alpha value is -6.14. The van der Waals surface area contributed by atoms with Gasteiger partial charge in [0, 0.05) is 39.7 Å². The van der Waals surface area contributed by atoms with E-state index in [9.17, 15) is 36.9 Å². The molecule has 0 bridgehead atoms. The molecule has 0 radical (unpaired) electrons. The molecule has 0 atom stereocenters. The number of pyridine rings is 2. The van der Waals surface area contributed by atoms with Crippen LogP contribution in [0.4, 0.5) is 26.3 Å². The van der Waals surface area contributed by atoms with Crippen LogP contribution in [0.2, 0.25) is 0 Å². The first-order chi connectivity index (χ1) is 21.5. The number of nitrogens with zero attached hydrogens (tertiary/aromatic N) is 6. The average Bonchev–Trinajstić information content (AvgIpc) is 3.46. The Bertz CT molecular complexity index is 2580. The van der Waals surface area contributed by atoms with Gasteiger partial charge in [-0.2, -0.15) is 51.8 Å². The topological polar surface area (TPSA) is 98.1 Å². The number of benzene rings is 3. The second-order valence-electron chi connectivity index (χ2n) is 10.1. The highest BCUT2D eigenvalue weighted by atomic mass is 19.4. The zero-order valence-electron chi connectivity index (χ0n) is 22.4. The summed E-state index contributed by atoms with van der Waals surface area (Å²) in [6.45, 7) is 0. The van der Waals surface area contributed by atoms with Crippen molar-refractivity contribution in [2.45, 2.75) is 6.18 Å². The quantitative estimate of drug-likeness (QED) is 0.116. The van der Waals surface area contributed by atoms with Gasteiger partial charge in [0.25, 0.3) is 0 Å². The minimum atomic E-state index is -4.86. The normalized spacial score (nSPS) is 12.9. The average molecular weight is 606 g/mol. The zero-order valence-corrected chi connectivity index (χ0v) is 22.4. The second-order valence-corrected chi connectivity index (χ2v) is 10.1. The monoisotopic (exact) mass is 606 g/mol. The van der Waals surface area contributed by atoms with Gasteiger partial charge in [-0.05, 0) is 74.1 Å². The molecule has 0 saturated heterocycles. The van der Waals surface area contributed by atoms with Crippen LogP contribution in [-0.4, -0.2) is 9.97 Å². The maximum Gasteiger partial charge on any atom is 0.433 e. The first-order valence-corrected chi connectivity index (χ1v) is 13.1. The van der Waals surface area contributed by atoms with Gasteiger partial charge in [0.15, 0.2) is 0 Å². The number of fused-ring (bicyclic) bond motifs is 6. The van der Waals surface area contributed by atoms with Crippen LogP contribution in [0, 0.1) is 40.8 Å². The molecule has 12 heteroatoms. The summed E-state index contributed by atoms with van der Waals surface area (Å²) in [5.74, 6) is -3.27. The lowest BCUT2D eigenvalue weighted by atomic mass is 10.0. The van der Waals surface area contributed by atoms with Gasteiger partial charge in [-0.3, -0.25) is 0 Å². The number of nitriles is 2. The third-order valence-electron chi connectivity index (χ3n) is 7.64. The first kappa shape index (κ1) is 27.7. The van der Waals surface area contributed by atoms with E-state index in [0.29, 0.717) is 54.0 Å². The van der Waals surface area contributed by atoms with Crippen molar-refractivity contribution in [3.63, 3.8) is 0 Å². The molecule has 45 heavy (non-hydrogen) atoms. The lowest BCUT2D eigenvalue weighted by Gasteiger charge is -2.09. The van der Waals surface area contributed by atoms with Crippen molar-refractivity contribution in [2.75, 3.05) is 0 Å². The van der Waals surface area contributed by atoms with E-state index in [1.165, 1.54) is 12.1 Å². The van der Waals surface area contributed by atoms with Gasteiger partial charge in [-0.1, -0.05) is 24.3 Å². The van der Waals surface area contributed by atoms with Crippen LogP contribution in [0.5, 0.6) is 0 Å². The fourth-order valence-electron chi connectivity index (χ4n) is 5.82. The predicted octanol–water partition coefficient (Wildman–Crippen LogP) is 7.50. The molecule has 0 N–H and O–H groups in total. The third-order valence-corrected chi connectivity index (χ3v) is 7.64. The Balaban J connectivity index is 1.51. The van der Waals surface area contributed by atoms with Crippen LogP contribution < -0.4 is 10.7 Å². The van der Waals surface area contributed by atoms with Crippen LogP contribution >= 0.6 is 0 Å². The smallest absolute Gasteiger partial charge is 0.215 e. The number of halogens is 6. The molecule has 0 amide bonds.